The minimum atomic E-state index is 0.0441. The zero-order chi connectivity index (χ0) is 20.0. The lowest BCUT2D eigenvalue weighted by molar-refractivity contribution is 0.0890. The van der Waals surface area contributed by atoms with E-state index in [1.165, 1.54) is 11.8 Å². The van der Waals surface area contributed by atoms with Gasteiger partial charge in [0.05, 0.1) is 17.1 Å². The van der Waals surface area contributed by atoms with Crippen LogP contribution in [0.2, 0.25) is 0 Å². The molecule has 2 heterocycles. The van der Waals surface area contributed by atoms with Crippen LogP contribution in [-0.2, 0) is 5.75 Å². The van der Waals surface area contributed by atoms with E-state index in [4.69, 9.17) is 0 Å². The highest BCUT2D eigenvalue weighted by Gasteiger charge is 2.41. The highest BCUT2D eigenvalue weighted by atomic mass is 32.2. The maximum Gasteiger partial charge on any atom is 0.236 e. The Bertz CT molecular complexity index is 1310. The summed E-state index contributed by atoms with van der Waals surface area (Å²) >= 11 is 1.41. The summed E-state index contributed by atoms with van der Waals surface area (Å²) < 4.78 is 1.71. The van der Waals surface area contributed by atoms with Crippen molar-refractivity contribution in [2.24, 2.45) is 11.8 Å². The Hall–Kier alpha value is -3.24. The maximum absolute atomic E-state index is 13.1. The molecule has 2 aromatic heterocycles. The molecule has 2 atom stereocenters. The van der Waals surface area contributed by atoms with Gasteiger partial charge in [0.2, 0.25) is 11.1 Å². The van der Waals surface area contributed by atoms with E-state index in [2.05, 4.69) is 28.2 Å². The second-order valence-electron chi connectivity index (χ2n) is 7.33. The molecule has 0 spiro atoms. The zero-order valence-electron chi connectivity index (χ0n) is 15.7. The van der Waals surface area contributed by atoms with Crippen molar-refractivity contribution in [2.75, 3.05) is 0 Å². The molecule has 0 radical (unpaired) electrons. The van der Waals surface area contributed by atoms with Crippen LogP contribution in [0.5, 0.6) is 0 Å². The van der Waals surface area contributed by atoms with Gasteiger partial charge < -0.3 is 0 Å². The van der Waals surface area contributed by atoms with Crippen LogP contribution >= 0.6 is 11.8 Å². The first-order valence-electron chi connectivity index (χ1n) is 9.46. The van der Waals surface area contributed by atoms with E-state index in [1.807, 2.05) is 42.5 Å². The van der Waals surface area contributed by atoms with Crippen molar-refractivity contribution in [3.8, 4) is 6.07 Å². The van der Waals surface area contributed by atoms with Crippen LogP contribution in [-0.4, -0.2) is 25.7 Å². The normalized spacial score (nSPS) is 18.1. The van der Waals surface area contributed by atoms with Gasteiger partial charge in [0.15, 0.2) is 5.65 Å². The molecular formula is C22H17N5OS. The number of benzene rings is 2. The fourth-order valence-corrected chi connectivity index (χ4v) is 4.42. The van der Waals surface area contributed by atoms with Gasteiger partial charge in [0.25, 0.3) is 0 Å². The third kappa shape index (κ3) is 3.06. The number of carbonyl (C=O) groups is 1. The SMILES string of the molecule is C[C@@H]1C[C@H]1C(=O)n1c2ccccc2c2nnc(SCc3ccccc3C#N)nc21. The van der Waals surface area contributed by atoms with E-state index in [0.717, 1.165) is 22.9 Å². The Morgan fingerprint density at radius 3 is 2.76 bits per heavy atom. The summed E-state index contributed by atoms with van der Waals surface area (Å²) in [7, 11) is 0. The quantitative estimate of drug-likeness (QED) is 0.472. The minimum absolute atomic E-state index is 0.0441. The molecule has 0 unspecified atom stereocenters. The van der Waals surface area contributed by atoms with Crippen LogP contribution in [0.15, 0.2) is 53.7 Å². The number of carbonyl (C=O) groups excluding carboxylic acids is 1. The largest absolute Gasteiger partial charge is 0.274 e. The first-order chi connectivity index (χ1) is 14.2. The molecule has 7 heteroatoms. The molecule has 5 rings (SSSR count). The first-order valence-corrected chi connectivity index (χ1v) is 10.4. The summed E-state index contributed by atoms with van der Waals surface area (Å²) in [6, 6.07) is 17.4. The second-order valence-corrected chi connectivity index (χ2v) is 8.28. The van der Waals surface area contributed by atoms with Crippen LogP contribution in [0.3, 0.4) is 0 Å². The maximum atomic E-state index is 13.1. The van der Waals surface area contributed by atoms with E-state index in [-0.39, 0.29) is 11.8 Å². The van der Waals surface area contributed by atoms with Gasteiger partial charge in [-0.1, -0.05) is 55.1 Å². The molecule has 1 saturated carbocycles. The van der Waals surface area contributed by atoms with Crippen molar-refractivity contribution in [1.29, 1.82) is 5.26 Å². The molecule has 0 aliphatic heterocycles. The highest BCUT2D eigenvalue weighted by molar-refractivity contribution is 7.98. The van der Waals surface area contributed by atoms with Crippen molar-refractivity contribution in [2.45, 2.75) is 24.3 Å². The summed E-state index contributed by atoms with van der Waals surface area (Å²) in [6.45, 7) is 2.09. The van der Waals surface area contributed by atoms with Crippen LogP contribution in [0, 0.1) is 23.2 Å². The lowest BCUT2D eigenvalue weighted by Crippen LogP contribution is -2.14. The Kier molecular flexibility index (Phi) is 4.29. The molecular weight excluding hydrogens is 382 g/mol. The molecule has 142 valence electrons. The van der Waals surface area contributed by atoms with Crippen molar-refractivity contribution >= 4 is 39.7 Å². The molecule has 0 amide bonds. The molecule has 4 aromatic rings. The fourth-order valence-electron chi connectivity index (χ4n) is 3.63. The topological polar surface area (TPSA) is 84.5 Å². The van der Waals surface area contributed by atoms with E-state index in [0.29, 0.717) is 33.6 Å². The number of fused-ring (bicyclic) bond motifs is 3. The van der Waals surface area contributed by atoms with Gasteiger partial charge >= 0.3 is 0 Å². The van der Waals surface area contributed by atoms with Crippen molar-refractivity contribution in [3.63, 3.8) is 0 Å². The van der Waals surface area contributed by atoms with Crippen LogP contribution in [0.1, 0.15) is 29.3 Å². The van der Waals surface area contributed by atoms with Gasteiger partial charge in [-0.2, -0.15) is 5.26 Å². The van der Waals surface area contributed by atoms with Crippen LogP contribution < -0.4 is 0 Å². The standard InChI is InChI=1S/C22H17N5OS/c1-13-10-17(13)21(28)27-18-9-5-4-8-16(18)19-20(27)24-22(26-25-19)29-12-15-7-3-2-6-14(15)11-23/h2-9,13,17H,10,12H2,1H3/t13-,17-/m1/s1. The lowest BCUT2D eigenvalue weighted by Gasteiger charge is -2.05. The summed E-state index contributed by atoms with van der Waals surface area (Å²) in [4.78, 5) is 17.8. The smallest absolute Gasteiger partial charge is 0.236 e. The van der Waals surface area contributed by atoms with Gasteiger partial charge in [-0.15, -0.1) is 10.2 Å². The molecule has 0 N–H and O–H groups in total. The third-order valence-corrected chi connectivity index (χ3v) is 6.29. The van der Waals surface area contributed by atoms with Crippen molar-refractivity contribution < 1.29 is 4.79 Å². The van der Waals surface area contributed by atoms with E-state index < -0.39 is 0 Å². The average molecular weight is 399 g/mol. The number of nitrogens with zero attached hydrogens (tertiary/aromatic N) is 5. The minimum Gasteiger partial charge on any atom is -0.274 e. The molecule has 29 heavy (non-hydrogen) atoms. The lowest BCUT2D eigenvalue weighted by atomic mass is 10.1. The number of hydrogen-bond donors (Lipinski definition) is 0. The predicted molar refractivity (Wildman–Crippen MR) is 111 cm³/mol. The molecule has 1 fully saturated rings. The average Bonchev–Trinajstić information content (AvgIpc) is 3.40. The molecule has 2 aromatic carbocycles. The van der Waals surface area contributed by atoms with Gasteiger partial charge in [0, 0.05) is 17.1 Å². The summed E-state index contributed by atoms with van der Waals surface area (Å²) in [5.41, 5.74) is 3.59. The number of para-hydroxylation sites is 1. The summed E-state index contributed by atoms with van der Waals surface area (Å²) in [5, 5.41) is 19.3. The van der Waals surface area contributed by atoms with Gasteiger partial charge in [0.1, 0.15) is 5.52 Å². The number of rotatable bonds is 4. The number of thioether (sulfide) groups is 1. The monoisotopic (exact) mass is 399 g/mol. The van der Waals surface area contributed by atoms with Crippen molar-refractivity contribution in [3.05, 3.63) is 59.7 Å². The van der Waals surface area contributed by atoms with Gasteiger partial charge in [-0.25, -0.2) is 4.98 Å². The van der Waals surface area contributed by atoms with Crippen molar-refractivity contribution in [1.82, 2.24) is 19.7 Å². The van der Waals surface area contributed by atoms with E-state index in [1.54, 1.807) is 10.6 Å². The Balaban J connectivity index is 1.56. The number of aromatic nitrogens is 4. The molecule has 1 aliphatic rings. The van der Waals surface area contributed by atoms with Gasteiger partial charge in [-0.3, -0.25) is 9.36 Å². The summed E-state index contributed by atoms with van der Waals surface area (Å²) in [5.74, 6) is 1.09. The highest BCUT2D eigenvalue weighted by Crippen LogP contribution is 2.41. The number of hydrogen-bond acceptors (Lipinski definition) is 6. The van der Waals surface area contributed by atoms with Crippen LogP contribution in [0.25, 0.3) is 22.1 Å². The third-order valence-electron chi connectivity index (χ3n) is 5.40. The molecule has 1 aliphatic carbocycles. The van der Waals surface area contributed by atoms with E-state index in [9.17, 15) is 10.1 Å². The second kappa shape index (κ2) is 6.98. The Morgan fingerprint density at radius 1 is 1.21 bits per heavy atom. The van der Waals surface area contributed by atoms with Gasteiger partial charge in [-0.05, 0) is 30.0 Å². The Labute approximate surface area is 171 Å². The Morgan fingerprint density at radius 2 is 1.97 bits per heavy atom. The number of nitriles is 1. The molecule has 6 nitrogen and oxygen atoms in total. The summed E-state index contributed by atoms with van der Waals surface area (Å²) in [6.07, 6.45) is 0.915. The predicted octanol–water partition coefficient (Wildman–Crippen LogP) is 4.44. The zero-order valence-corrected chi connectivity index (χ0v) is 16.6. The first kappa shape index (κ1) is 17.8. The van der Waals surface area contributed by atoms with E-state index >= 15 is 0 Å². The molecule has 0 saturated heterocycles. The fraction of sp³-hybridized carbons (Fsp3) is 0.227. The van der Waals surface area contributed by atoms with Crippen LogP contribution in [0.4, 0.5) is 0 Å². The molecule has 0 bridgehead atoms.